The fourth-order valence-corrected chi connectivity index (χ4v) is 2.38. The number of nitrogens with zero attached hydrogens (tertiary/aromatic N) is 1. The van der Waals surface area contributed by atoms with E-state index in [1.54, 1.807) is 25.7 Å². The van der Waals surface area contributed by atoms with Gasteiger partial charge in [0, 0.05) is 25.2 Å². The summed E-state index contributed by atoms with van der Waals surface area (Å²) in [6.07, 6.45) is 1.31. The van der Waals surface area contributed by atoms with E-state index in [2.05, 4.69) is 0 Å². The van der Waals surface area contributed by atoms with Crippen LogP contribution in [0.4, 0.5) is 18.9 Å². The Morgan fingerprint density at radius 2 is 1.90 bits per heavy atom. The number of rotatable bonds is 4. The fraction of sp³-hybridized carbons (Fsp3) is 0.400. The van der Waals surface area contributed by atoms with Crippen molar-refractivity contribution in [2.24, 2.45) is 0 Å². The Kier molecular flexibility index (Phi) is 4.41. The summed E-state index contributed by atoms with van der Waals surface area (Å²) in [6.45, 7) is 0.363. The molecule has 1 aromatic carbocycles. The number of hydroxylamine groups is 2. The van der Waals surface area contributed by atoms with E-state index >= 15 is 0 Å². The number of halogens is 3. The van der Waals surface area contributed by atoms with Crippen LogP contribution in [0, 0.1) is 6.42 Å². The van der Waals surface area contributed by atoms with Crippen molar-refractivity contribution in [1.29, 1.82) is 0 Å². The van der Waals surface area contributed by atoms with E-state index in [4.69, 9.17) is 9.57 Å². The van der Waals surface area contributed by atoms with Gasteiger partial charge in [0.05, 0.1) is 19.3 Å². The number of hydrogen-bond acceptors (Lipinski definition) is 2. The quantitative estimate of drug-likeness (QED) is 0.793. The number of benzene rings is 1. The Morgan fingerprint density at radius 1 is 1.19 bits per heavy atom. The topological polar surface area (TPSA) is 18.5 Å². The van der Waals surface area contributed by atoms with Crippen LogP contribution in [0.25, 0.3) is 0 Å². The summed E-state index contributed by atoms with van der Waals surface area (Å²) in [4.78, 5) is 5.36. The maximum Gasteiger partial charge on any atom is 0.416 e. The summed E-state index contributed by atoms with van der Waals surface area (Å²) in [6, 6.07) is 2.34. The molecule has 0 spiro atoms. The monoisotopic (exact) mass is 301 g/mol. The number of ether oxygens (including phenoxy) is 1. The summed E-state index contributed by atoms with van der Waals surface area (Å²) in [7, 11) is 4.69. The third kappa shape index (κ3) is 3.12. The van der Waals surface area contributed by atoms with Crippen molar-refractivity contribution in [3.05, 3.63) is 47.5 Å². The molecule has 0 aromatic heterocycles. The highest BCUT2D eigenvalue weighted by Gasteiger charge is 2.38. The van der Waals surface area contributed by atoms with Gasteiger partial charge in [-0.2, -0.15) is 18.0 Å². The Bertz CT molecular complexity index is 555. The third-order valence-electron chi connectivity index (χ3n) is 3.64. The molecule has 2 rings (SSSR count). The van der Waals surface area contributed by atoms with Crippen LogP contribution in [-0.2, 0) is 22.2 Å². The minimum atomic E-state index is -4.39. The van der Waals surface area contributed by atoms with Gasteiger partial charge in [-0.05, 0) is 24.1 Å². The molecule has 1 aromatic rings. The highest BCUT2D eigenvalue weighted by atomic mass is 19.4. The molecule has 3 nitrogen and oxygen atoms in total. The maximum absolute atomic E-state index is 13.1. The standard InChI is InChI=1S/C15H18F3NO2/c1-19(21-3)7-4-5-13-11(6-8-20-2)9-12(10-14(13)19)15(16,17)18/h4-5,7,9-10H,6,8H2,1-3H3/q+1. The lowest BCUT2D eigenvalue weighted by Crippen LogP contribution is -2.40. The van der Waals surface area contributed by atoms with E-state index in [9.17, 15) is 13.2 Å². The van der Waals surface area contributed by atoms with Gasteiger partial charge in [0.2, 0.25) is 0 Å². The van der Waals surface area contributed by atoms with Crippen LogP contribution in [0.3, 0.4) is 0 Å². The first-order chi connectivity index (χ1) is 9.81. The van der Waals surface area contributed by atoms with Gasteiger partial charge >= 0.3 is 6.18 Å². The van der Waals surface area contributed by atoms with Crippen LogP contribution in [0.15, 0.2) is 24.4 Å². The average molecular weight is 301 g/mol. The number of fused-ring (bicyclic) bond motifs is 1. The predicted molar refractivity (Wildman–Crippen MR) is 74.3 cm³/mol. The van der Waals surface area contributed by atoms with Gasteiger partial charge in [-0.3, -0.25) is 0 Å². The molecule has 0 aliphatic carbocycles. The Labute approximate surface area is 122 Å². The molecule has 0 saturated carbocycles. The number of allylic oxidation sites excluding steroid dienone is 1. The van der Waals surface area contributed by atoms with Crippen LogP contribution < -0.4 is 4.65 Å². The smallest absolute Gasteiger partial charge is 0.384 e. The number of quaternary nitrogens is 1. The molecule has 115 valence electrons. The zero-order chi connectivity index (χ0) is 15.7. The minimum Gasteiger partial charge on any atom is -0.384 e. The van der Waals surface area contributed by atoms with Crippen LogP contribution in [0.1, 0.15) is 16.7 Å². The summed E-state index contributed by atoms with van der Waals surface area (Å²) >= 11 is 0. The molecule has 1 aliphatic rings. The van der Waals surface area contributed by atoms with E-state index in [0.29, 0.717) is 24.3 Å². The van der Waals surface area contributed by atoms with E-state index in [1.165, 1.54) is 20.3 Å². The first-order valence-corrected chi connectivity index (χ1v) is 6.50. The second kappa shape index (κ2) is 5.79. The Morgan fingerprint density at radius 3 is 2.48 bits per heavy atom. The van der Waals surface area contributed by atoms with E-state index in [1.807, 2.05) is 0 Å². The Hall–Kier alpha value is -1.37. The summed E-state index contributed by atoms with van der Waals surface area (Å²) in [5.74, 6) is 0. The van der Waals surface area contributed by atoms with Gasteiger partial charge < -0.3 is 4.74 Å². The molecule has 0 amide bonds. The molecule has 1 unspecified atom stereocenters. The molecule has 1 heterocycles. The van der Waals surface area contributed by atoms with Crippen molar-refractivity contribution in [2.75, 3.05) is 27.9 Å². The third-order valence-corrected chi connectivity index (χ3v) is 3.64. The van der Waals surface area contributed by atoms with E-state index in [0.717, 1.165) is 11.6 Å². The molecular weight excluding hydrogens is 283 g/mol. The lowest BCUT2D eigenvalue weighted by molar-refractivity contribution is -0.137. The zero-order valence-corrected chi connectivity index (χ0v) is 12.2. The molecule has 1 aliphatic heterocycles. The minimum absolute atomic E-state index is 0.129. The number of hydrogen-bond donors (Lipinski definition) is 0. The summed E-state index contributed by atoms with van der Waals surface area (Å²) in [5, 5.41) is 0. The number of alkyl halides is 3. The van der Waals surface area contributed by atoms with Crippen LogP contribution in [0.5, 0.6) is 0 Å². The van der Waals surface area contributed by atoms with Crippen LogP contribution >= 0.6 is 0 Å². The Balaban J connectivity index is 2.60. The molecule has 0 saturated heterocycles. The normalized spacial score (nSPS) is 21.4. The molecule has 1 radical (unpaired) electrons. The van der Waals surface area contributed by atoms with Gasteiger partial charge in [0.1, 0.15) is 13.2 Å². The van der Waals surface area contributed by atoms with Crippen molar-refractivity contribution in [2.45, 2.75) is 12.6 Å². The van der Waals surface area contributed by atoms with Crippen molar-refractivity contribution in [1.82, 2.24) is 4.65 Å². The molecule has 0 N–H and O–H groups in total. The molecule has 6 heteroatoms. The first kappa shape index (κ1) is 16.0. The fourth-order valence-electron chi connectivity index (χ4n) is 2.38. The maximum atomic E-state index is 13.1. The SMILES string of the molecule is COCCc1cc(C(F)(F)F)cc2c1[CH]C=C[N+]2(C)OC. The van der Waals surface area contributed by atoms with Gasteiger partial charge in [0.25, 0.3) is 0 Å². The van der Waals surface area contributed by atoms with Crippen LogP contribution in [-0.4, -0.2) is 27.9 Å². The summed E-state index contributed by atoms with van der Waals surface area (Å²) < 4.78 is 44.2. The highest BCUT2D eigenvalue weighted by molar-refractivity contribution is 5.63. The van der Waals surface area contributed by atoms with Crippen molar-refractivity contribution in [3.8, 4) is 0 Å². The molecular formula is C15H18F3NO2+. The average Bonchev–Trinajstić information content (AvgIpc) is 2.44. The zero-order valence-electron chi connectivity index (χ0n) is 12.2. The van der Waals surface area contributed by atoms with E-state index < -0.39 is 11.7 Å². The first-order valence-electron chi connectivity index (χ1n) is 6.50. The molecule has 0 bridgehead atoms. The van der Waals surface area contributed by atoms with Gasteiger partial charge in [-0.25, -0.2) is 0 Å². The largest absolute Gasteiger partial charge is 0.416 e. The van der Waals surface area contributed by atoms with Gasteiger partial charge in [-0.15, -0.1) is 4.65 Å². The second-order valence-corrected chi connectivity index (χ2v) is 4.99. The van der Waals surface area contributed by atoms with E-state index in [-0.39, 0.29) is 4.65 Å². The number of methoxy groups -OCH3 is 1. The highest BCUT2D eigenvalue weighted by Crippen LogP contribution is 2.40. The predicted octanol–water partition coefficient (Wildman–Crippen LogP) is 3.47. The lowest BCUT2D eigenvalue weighted by atomic mass is 9.94. The van der Waals surface area contributed by atoms with Crippen molar-refractivity contribution in [3.63, 3.8) is 0 Å². The molecule has 0 fully saturated rings. The van der Waals surface area contributed by atoms with Gasteiger partial charge in [-0.1, -0.05) is 0 Å². The lowest BCUT2D eigenvalue weighted by Gasteiger charge is -2.31. The molecule has 1 atom stereocenters. The van der Waals surface area contributed by atoms with Crippen molar-refractivity contribution < 1.29 is 22.7 Å². The van der Waals surface area contributed by atoms with Crippen molar-refractivity contribution >= 4 is 5.69 Å². The second-order valence-electron chi connectivity index (χ2n) is 4.99. The summed E-state index contributed by atoms with van der Waals surface area (Å²) in [5.41, 5.74) is 1.16. The van der Waals surface area contributed by atoms with Gasteiger partial charge in [0.15, 0.2) is 5.69 Å². The molecule has 21 heavy (non-hydrogen) atoms. The van der Waals surface area contributed by atoms with Crippen LogP contribution in [0.2, 0.25) is 0 Å².